The van der Waals surface area contributed by atoms with Crippen LogP contribution in [0.25, 0.3) is 10.9 Å². The molecule has 1 aliphatic carbocycles. The first kappa shape index (κ1) is 31.6. The maximum Gasteiger partial charge on any atom is 0.328 e. The lowest BCUT2D eigenvalue weighted by Gasteiger charge is -2.40. The summed E-state index contributed by atoms with van der Waals surface area (Å²) in [5, 5.41) is 12.6. The number of H-pyrrole nitrogens is 1. The Kier molecular flexibility index (Phi) is 7.83. The molecule has 2 saturated heterocycles. The van der Waals surface area contributed by atoms with Crippen molar-refractivity contribution in [3.8, 4) is 6.07 Å². The van der Waals surface area contributed by atoms with Gasteiger partial charge in [-0.15, -0.1) is 0 Å². The van der Waals surface area contributed by atoms with E-state index in [9.17, 15) is 19.6 Å². The molecule has 3 heterocycles. The Morgan fingerprint density at radius 1 is 1.02 bits per heavy atom. The SMILES string of the molecule is CCc1cc2c(cc1N1CCC(N(C)Cc3ccc(N4CCC(=O)NC4=O)cc3F)CC1)C(C)(C)c1[nH]c3cc(C#N)ccc3c1C2=O. The molecule has 9 nitrogen and oxygen atoms in total. The summed E-state index contributed by atoms with van der Waals surface area (Å²) < 4.78 is 15.2. The first-order valence-corrected chi connectivity index (χ1v) is 16.6. The van der Waals surface area contributed by atoms with Gasteiger partial charge in [-0.1, -0.05) is 32.9 Å². The minimum atomic E-state index is -0.527. The highest BCUT2D eigenvalue weighted by molar-refractivity contribution is 6.20. The Morgan fingerprint density at radius 3 is 2.48 bits per heavy atom. The van der Waals surface area contributed by atoms with Crippen molar-refractivity contribution in [1.29, 1.82) is 5.26 Å². The summed E-state index contributed by atoms with van der Waals surface area (Å²) in [7, 11) is 2.03. The Hall–Kier alpha value is -5.01. The summed E-state index contributed by atoms with van der Waals surface area (Å²) in [6.45, 7) is 8.79. The highest BCUT2D eigenvalue weighted by Crippen LogP contribution is 2.46. The van der Waals surface area contributed by atoms with E-state index in [2.05, 4.69) is 59.1 Å². The van der Waals surface area contributed by atoms with Gasteiger partial charge in [-0.25, -0.2) is 9.18 Å². The lowest BCUT2D eigenvalue weighted by Crippen LogP contribution is -2.49. The third kappa shape index (κ3) is 5.23. The van der Waals surface area contributed by atoms with Gasteiger partial charge in [0.05, 0.1) is 17.2 Å². The zero-order valence-corrected chi connectivity index (χ0v) is 27.7. The number of carbonyl (C=O) groups excluding carboxylic acids is 3. The second-order valence-corrected chi connectivity index (χ2v) is 13.7. The summed E-state index contributed by atoms with van der Waals surface area (Å²) in [6, 6.07) is 16.5. The number of aryl methyl sites for hydroxylation is 1. The molecule has 3 aliphatic rings. The Bertz CT molecular complexity index is 2030. The lowest BCUT2D eigenvalue weighted by molar-refractivity contribution is -0.120. The number of hydrogen-bond acceptors (Lipinski definition) is 6. The smallest absolute Gasteiger partial charge is 0.328 e. The molecule has 10 heteroatoms. The van der Waals surface area contributed by atoms with Crippen molar-refractivity contribution >= 4 is 40.0 Å². The number of nitriles is 1. The number of aromatic amines is 1. The van der Waals surface area contributed by atoms with Crippen LogP contribution in [0.4, 0.5) is 20.6 Å². The number of anilines is 2. The quantitative estimate of drug-likeness (QED) is 0.260. The molecule has 3 aromatic carbocycles. The van der Waals surface area contributed by atoms with E-state index in [0.29, 0.717) is 28.9 Å². The van der Waals surface area contributed by atoms with E-state index in [4.69, 9.17) is 0 Å². The molecule has 0 radical (unpaired) electrons. The van der Waals surface area contributed by atoms with Crippen molar-refractivity contribution in [3.05, 3.63) is 93.4 Å². The number of nitrogens with zero attached hydrogens (tertiary/aromatic N) is 4. The molecule has 2 fully saturated rings. The van der Waals surface area contributed by atoms with Crippen LogP contribution in [-0.4, -0.2) is 60.3 Å². The summed E-state index contributed by atoms with van der Waals surface area (Å²) in [5.74, 6) is -0.673. The van der Waals surface area contributed by atoms with Gasteiger partial charge in [0.25, 0.3) is 0 Å². The number of ketones is 1. The molecule has 48 heavy (non-hydrogen) atoms. The van der Waals surface area contributed by atoms with Crippen molar-refractivity contribution < 1.29 is 18.8 Å². The van der Waals surface area contributed by atoms with Crippen LogP contribution in [0, 0.1) is 17.1 Å². The van der Waals surface area contributed by atoms with Crippen molar-refractivity contribution in [2.45, 2.75) is 64.5 Å². The normalized spacial score (nSPS) is 17.8. The van der Waals surface area contributed by atoms with E-state index in [-0.39, 0.29) is 36.5 Å². The van der Waals surface area contributed by atoms with Crippen LogP contribution in [0.1, 0.15) is 83.9 Å². The Morgan fingerprint density at radius 2 is 1.79 bits per heavy atom. The molecule has 0 atom stereocenters. The number of urea groups is 1. The van der Waals surface area contributed by atoms with E-state index >= 15 is 4.39 Å². The van der Waals surface area contributed by atoms with Crippen LogP contribution >= 0.6 is 0 Å². The fourth-order valence-electron chi connectivity index (χ4n) is 7.74. The second kappa shape index (κ2) is 11.9. The molecule has 3 amide bonds. The molecule has 0 bridgehead atoms. The molecule has 1 aromatic heterocycles. The number of imide groups is 1. The first-order chi connectivity index (χ1) is 23.0. The van der Waals surface area contributed by atoms with E-state index in [1.807, 2.05) is 19.2 Å². The minimum absolute atomic E-state index is 0.0198. The van der Waals surface area contributed by atoms with Gasteiger partial charge in [0.2, 0.25) is 5.91 Å². The predicted molar refractivity (Wildman–Crippen MR) is 183 cm³/mol. The molecule has 4 aromatic rings. The standard InChI is InChI=1S/C38H39FN6O3/c1-5-23-17-28-29(38(2,3)36-34(35(28)47)27-9-6-22(20-40)16-31(27)41-36)19-32(23)44-13-10-25(11-14-44)43(4)21-24-7-8-26(18-30(24)39)45-15-12-33(46)42-37(45)48/h6-9,16-19,25,41H,5,10-15,21H2,1-4H3,(H,42,46,48). The first-order valence-electron chi connectivity index (χ1n) is 16.6. The highest BCUT2D eigenvalue weighted by atomic mass is 19.1. The van der Waals surface area contributed by atoms with Crippen molar-refractivity contribution in [1.82, 2.24) is 15.2 Å². The highest BCUT2D eigenvalue weighted by Gasteiger charge is 2.41. The van der Waals surface area contributed by atoms with Crippen LogP contribution in [-0.2, 0) is 23.2 Å². The number of nitrogens with one attached hydrogen (secondary N) is 2. The average molecular weight is 647 g/mol. The molecule has 7 rings (SSSR count). The molecule has 0 saturated carbocycles. The van der Waals surface area contributed by atoms with Gasteiger partial charge in [0, 0.05) is 83.2 Å². The number of rotatable bonds is 6. The third-order valence-electron chi connectivity index (χ3n) is 10.5. The van der Waals surface area contributed by atoms with E-state index in [1.54, 1.807) is 18.2 Å². The molecular formula is C38H39FN6O3. The molecule has 2 aliphatic heterocycles. The Labute approximate surface area is 279 Å². The van der Waals surface area contributed by atoms with E-state index in [1.165, 1.54) is 11.0 Å². The van der Waals surface area contributed by atoms with E-state index < -0.39 is 11.4 Å². The van der Waals surface area contributed by atoms with Gasteiger partial charge in [-0.05, 0) is 73.8 Å². The maximum atomic E-state index is 15.2. The predicted octanol–water partition coefficient (Wildman–Crippen LogP) is 6.16. The van der Waals surface area contributed by atoms with Crippen LogP contribution < -0.4 is 15.1 Å². The summed E-state index contributed by atoms with van der Waals surface area (Å²) in [4.78, 5) is 47.2. The number of aromatic nitrogens is 1. The fraction of sp³-hybridized carbons (Fsp3) is 0.368. The molecule has 2 N–H and O–H groups in total. The molecule has 0 unspecified atom stereocenters. The Balaban J connectivity index is 1.08. The van der Waals surface area contributed by atoms with Crippen LogP contribution in [0.2, 0.25) is 0 Å². The number of benzene rings is 3. The van der Waals surface area contributed by atoms with Gasteiger partial charge < -0.3 is 9.88 Å². The largest absolute Gasteiger partial charge is 0.371 e. The average Bonchev–Trinajstić information content (AvgIpc) is 3.48. The number of carbonyl (C=O) groups is 3. The van der Waals surface area contributed by atoms with Gasteiger partial charge in [-0.2, -0.15) is 5.26 Å². The van der Waals surface area contributed by atoms with Crippen molar-refractivity contribution in [2.24, 2.45) is 0 Å². The number of amides is 3. The lowest BCUT2D eigenvalue weighted by atomic mass is 9.70. The second-order valence-electron chi connectivity index (χ2n) is 13.7. The molecule has 246 valence electrons. The topological polar surface area (TPSA) is 113 Å². The van der Waals surface area contributed by atoms with Gasteiger partial charge in [0.1, 0.15) is 5.82 Å². The van der Waals surface area contributed by atoms with Crippen LogP contribution in [0.3, 0.4) is 0 Å². The molecule has 0 spiro atoms. The van der Waals surface area contributed by atoms with Crippen LogP contribution in [0.5, 0.6) is 0 Å². The number of piperidine rings is 1. The van der Waals surface area contributed by atoms with Crippen molar-refractivity contribution in [3.63, 3.8) is 0 Å². The minimum Gasteiger partial charge on any atom is -0.371 e. The third-order valence-corrected chi connectivity index (χ3v) is 10.5. The fourth-order valence-corrected chi connectivity index (χ4v) is 7.74. The summed E-state index contributed by atoms with van der Waals surface area (Å²) >= 11 is 0. The van der Waals surface area contributed by atoms with Gasteiger partial charge in [0.15, 0.2) is 5.78 Å². The monoisotopic (exact) mass is 646 g/mol. The number of halogens is 1. The van der Waals surface area contributed by atoms with Crippen LogP contribution in [0.15, 0.2) is 48.5 Å². The molecular weight excluding hydrogens is 607 g/mol. The van der Waals surface area contributed by atoms with Gasteiger partial charge >= 0.3 is 6.03 Å². The van der Waals surface area contributed by atoms with Crippen molar-refractivity contribution in [2.75, 3.05) is 36.5 Å². The summed E-state index contributed by atoms with van der Waals surface area (Å²) in [6.07, 6.45) is 2.81. The number of hydrogen-bond donors (Lipinski definition) is 2. The maximum absolute atomic E-state index is 15.2. The zero-order valence-electron chi connectivity index (χ0n) is 27.7. The summed E-state index contributed by atoms with van der Waals surface area (Å²) in [5.41, 5.74) is 7.56. The number of fused-ring (bicyclic) bond motifs is 4. The van der Waals surface area contributed by atoms with E-state index in [0.717, 1.165) is 71.3 Å². The van der Waals surface area contributed by atoms with Gasteiger partial charge in [-0.3, -0.25) is 24.7 Å². The zero-order chi connectivity index (χ0) is 33.9.